The summed E-state index contributed by atoms with van der Waals surface area (Å²) in [6.45, 7) is 2.68. The summed E-state index contributed by atoms with van der Waals surface area (Å²) in [5.41, 5.74) is 0. The van der Waals surface area contributed by atoms with Crippen LogP contribution in [0.25, 0.3) is 0 Å². The quantitative estimate of drug-likeness (QED) is 0.0579. The summed E-state index contributed by atoms with van der Waals surface area (Å²) in [6, 6.07) is 0. The van der Waals surface area contributed by atoms with Crippen LogP contribution in [0.5, 0.6) is 0 Å². The van der Waals surface area contributed by atoms with Gasteiger partial charge in [0.1, 0.15) is 0 Å². The average Bonchev–Trinajstić information content (AvgIpc) is 2.85. The third-order valence-electron chi connectivity index (χ3n) is 6.27. The van der Waals surface area contributed by atoms with Crippen LogP contribution in [0.3, 0.4) is 0 Å². The molecule has 0 aromatic heterocycles. The van der Waals surface area contributed by atoms with Gasteiger partial charge in [-0.05, 0) is 36.7 Å². The van der Waals surface area contributed by atoms with Crippen molar-refractivity contribution in [3.63, 3.8) is 0 Å². The average molecular weight is 495 g/mol. The van der Waals surface area contributed by atoms with Crippen LogP contribution in [-0.2, 0) is 35.1 Å². The van der Waals surface area contributed by atoms with Gasteiger partial charge in [-0.15, -0.1) is 0 Å². The van der Waals surface area contributed by atoms with Crippen molar-refractivity contribution in [3.05, 3.63) is 0 Å². The zero-order valence-corrected chi connectivity index (χ0v) is 22.0. The van der Waals surface area contributed by atoms with E-state index in [2.05, 4.69) is 42.0 Å². The van der Waals surface area contributed by atoms with Crippen LogP contribution in [0.15, 0.2) is 0 Å². The molecule has 0 heterocycles. The Morgan fingerprint density at radius 2 is 0.647 bits per heavy atom. The molecule has 0 amide bonds. The van der Waals surface area contributed by atoms with Gasteiger partial charge in [0, 0.05) is 0 Å². The van der Waals surface area contributed by atoms with Crippen molar-refractivity contribution < 1.29 is 40.4 Å². The predicted octanol–water partition coefficient (Wildman–Crippen LogP) is 9.45. The molecule has 34 heavy (non-hydrogen) atoms. The van der Waals surface area contributed by atoms with Crippen LogP contribution in [0, 0.1) is 0 Å². The first kappa shape index (κ1) is 33.7. The lowest BCUT2D eigenvalue weighted by Crippen LogP contribution is -2.01. The van der Waals surface area contributed by atoms with E-state index in [9.17, 15) is 0 Å². The largest absolute Gasteiger partial charge is 0.219 e. The molecule has 1 N–H and O–H groups in total. The van der Waals surface area contributed by atoms with Gasteiger partial charge in [0.15, 0.2) is 0 Å². The molecule has 0 fully saturated rings. The number of hydrogen-bond donors (Lipinski definition) is 1. The molecule has 0 spiro atoms. The fourth-order valence-corrected chi connectivity index (χ4v) is 4.22. The van der Waals surface area contributed by atoms with Crippen LogP contribution in [0.1, 0.15) is 161 Å². The van der Waals surface area contributed by atoms with Gasteiger partial charge < -0.3 is 0 Å². The van der Waals surface area contributed by atoms with Crippen molar-refractivity contribution in [2.45, 2.75) is 161 Å². The Hall–Kier alpha value is -0.320. The Balaban J connectivity index is 2.99. The number of hydrogen-bond acceptors (Lipinski definition) is 8. The topological polar surface area (TPSA) is 84.8 Å². The molecular weight excluding hydrogens is 440 g/mol. The fraction of sp³-hybridized carbons (Fsp3) is 1.00. The van der Waals surface area contributed by atoms with E-state index in [1.54, 1.807) is 0 Å². The van der Waals surface area contributed by atoms with E-state index < -0.39 is 0 Å². The van der Waals surface area contributed by atoms with Crippen LogP contribution in [0.4, 0.5) is 0 Å². The molecule has 0 bridgehead atoms. The summed E-state index contributed by atoms with van der Waals surface area (Å²) >= 11 is 0. The first-order valence-corrected chi connectivity index (χ1v) is 14.2. The highest BCUT2D eigenvalue weighted by Crippen LogP contribution is 2.15. The van der Waals surface area contributed by atoms with E-state index in [1.807, 2.05) is 0 Å². The van der Waals surface area contributed by atoms with Crippen molar-refractivity contribution in [2.75, 3.05) is 6.61 Å². The second-order valence-corrected chi connectivity index (χ2v) is 9.37. The molecule has 8 nitrogen and oxygen atoms in total. The minimum atomic E-state index is 0.389. The minimum absolute atomic E-state index is 0.389. The maximum atomic E-state index is 7.72. The molecule has 0 atom stereocenters. The van der Waals surface area contributed by atoms with Gasteiger partial charge in [0.25, 0.3) is 0 Å². The molecule has 0 aromatic rings. The molecule has 0 aliphatic rings. The summed E-state index contributed by atoms with van der Waals surface area (Å²) < 4.78 is 0. The Labute approximate surface area is 208 Å². The monoisotopic (exact) mass is 494 g/mol. The number of unbranched alkanes of at least 4 members (excludes halogenated alkanes) is 23. The van der Waals surface area contributed by atoms with Crippen molar-refractivity contribution in [1.82, 2.24) is 0 Å². The van der Waals surface area contributed by atoms with Crippen LogP contribution < -0.4 is 0 Å². The Morgan fingerprint density at radius 3 is 1.00 bits per heavy atom. The van der Waals surface area contributed by atoms with Crippen LogP contribution in [0.2, 0.25) is 0 Å². The predicted molar refractivity (Wildman–Crippen MR) is 132 cm³/mol. The van der Waals surface area contributed by atoms with Crippen molar-refractivity contribution >= 4 is 0 Å². The van der Waals surface area contributed by atoms with E-state index in [4.69, 9.17) is 5.26 Å². The molecule has 0 saturated heterocycles. The lowest BCUT2D eigenvalue weighted by molar-refractivity contribution is -0.812. The molecule has 0 unspecified atom stereocenters. The summed E-state index contributed by atoms with van der Waals surface area (Å²) in [6.07, 6.45) is 32.9. The van der Waals surface area contributed by atoms with Crippen LogP contribution in [-0.4, -0.2) is 11.9 Å². The molecule has 0 aliphatic heterocycles. The van der Waals surface area contributed by atoms with Crippen molar-refractivity contribution in [1.29, 1.82) is 0 Å². The fourth-order valence-electron chi connectivity index (χ4n) is 4.22. The summed E-state index contributed by atoms with van der Waals surface area (Å²) in [7, 11) is 0. The third kappa shape index (κ3) is 31.7. The van der Waals surface area contributed by atoms with Gasteiger partial charge in [-0.25, -0.2) is 10.1 Å². The molecule has 0 radical (unpaired) electrons. The zero-order valence-electron chi connectivity index (χ0n) is 22.0. The summed E-state index contributed by atoms with van der Waals surface area (Å²) in [4.78, 5) is 4.68. The SMILES string of the molecule is CCCCCCCCCCCCCCCCCCCCCCCCCCOOOOOOOO. The molecule has 0 rings (SSSR count). The molecule has 0 aliphatic carbocycles. The van der Waals surface area contributed by atoms with Gasteiger partial charge >= 0.3 is 0 Å². The second kappa shape index (κ2) is 32.7. The normalized spacial score (nSPS) is 11.5. The summed E-state index contributed by atoms with van der Waals surface area (Å²) in [5, 5.41) is 29.8. The van der Waals surface area contributed by atoms with E-state index >= 15 is 0 Å². The van der Waals surface area contributed by atoms with E-state index in [0.717, 1.165) is 12.8 Å². The maximum absolute atomic E-state index is 7.72. The highest BCUT2D eigenvalue weighted by atomic mass is 17.9. The van der Waals surface area contributed by atoms with Gasteiger partial charge in [-0.2, -0.15) is 0 Å². The first-order valence-electron chi connectivity index (χ1n) is 14.2. The lowest BCUT2D eigenvalue weighted by Gasteiger charge is -2.04. The molecule has 206 valence electrons. The smallest absolute Gasteiger partial charge is 0.0855 e. The third-order valence-corrected chi connectivity index (χ3v) is 6.27. The number of rotatable bonds is 31. The summed E-state index contributed by atoms with van der Waals surface area (Å²) in [5.74, 6) is 0. The van der Waals surface area contributed by atoms with Gasteiger partial charge in [0.05, 0.1) is 6.61 Å². The highest BCUT2D eigenvalue weighted by molar-refractivity contribution is 4.51. The highest BCUT2D eigenvalue weighted by Gasteiger charge is 1.97. The Bertz CT molecular complexity index is 315. The van der Waals surface area contributed by atoms with Gasteiger partial charge in [-0.3, -0.25) is 0 Å². The van der Waals surface area contributed by atoms with Gasteiger partial charge in [0.2, 0.25) is 0 Å². The van der Waals surface area contributed by atoms with Gasteiger partial charge in [-0.1, -0.05) is 155 Å². The van der Waals surface area contributed by atoms with Crippen LogP contribution >= 0.6 is 0 Å². The standard InChI is InChI=1S/C26H54O8/c1-2-3-4-5-6-7-8-9-10-11-12-13-14-15-16-17-18-19-20-21-22-23-24-25-26-28-30-32-34-33-31-29-27/h27H,2-26H2,1H3. The maximum Gasteiger partial charge on any atom is 0.0855 e. The van der Waals surface area contributed by atoms with E-state index in [1.165, 1.54) is 141 Å². The molecule has 8 heteroatoms. The van der Waals surface area contributed by atoms with E-state index in [0.29, 0.717) is 6.61 Å². The second-order valence-electron chi connectivity index (χ2n) is 9.37. The Kier molecular flexibility index (Phi) is 32.4. The minimum Gasteiger partial charge on any atom is -0.219 e. The zero-order chi connectivity index (χ0) is 24.6. The van der Waals surface area contributed by atoms with E-state index in [-0.39, 0.29) is 0 Å². The lowest BCUT2D eigenvalue weighted by atomic mass is 10.0. The molecular formula is C26H54O8. The van der Waals surface area contributed by atoms with Crippen molar-refractivity contribution in [3.8, 4) is 0 Å². The van der Waals surface area contributed by atoms with Crippen molar-refractivity contribution in [2.24, 2.45) is 0 Å². The Morgan fingerprint density at radius 1 is 0.353 bits per heavy atom. The molecule has 0 saturated carbocycles. The first-order chi connectivity index (χ1) is 16.9. The molecule has 0 aromatic carbocycles.